The van der Waals surface area contributed by atoms with Crippen LogP contribution in [0.5, 0.6) is 0 Å². The van der Waals surface area contributed by atoms with Gasteiger partial charge in [0.05, 0.1) is 17.1 Å². The van der Waals surface area contributed by atoms with Crippen LogP contribution in [0.3, 0.4) is 0 Å². The number of para-hydroxylation sites is 2. The van der Waals surface area contributed by atoms with E-state index in [1.54, 1.807) is 18.2 Å². The first-order chi connectivity index (χ1) is 14.2. The summed E-state index contributed by atoms with van der Waals surface area (Å²) >= 11 is 5.34. The molecule has 0 radical (unpaired) electrons. The molecule has 4 nitrogen and oxygen atoms in total. The van der Waals surface area contributed by atoms with Crippen molar-refractivity contribution in [1.82, 2.24) is 15.1 Å². The Bertz CT molecular complexity index is 1110. The second-order valence-corrected chi connectivity index (χ2v) is 6.84. The molecule has 4 aromatic rings. The van der Waals surface area contributed by atoms with Gasteiger partial charge in [0.2, 0.25) is 0 Å². The average molecular weight is 402 g/mol. The van der Waals surface area contributed by atoms with Crippen LogP contribution in [-0.2, 0) is 6.54 Å². The molecule has 0 aliphatic rings. The smallest absolute Gasteiger partial charge is 0.171 e. The lowest BCUT2D eigenvalue weighted by molar-refractivity contribution is 0.632. The van der Waals surface area contributed by atoms with E-state index >= 15 is 0 Å². The maximum absolute atomic E-state index is 13.8. The highest BCUT2D eigenvalue weighted by Crippen LogP contribution is 2.23. The number of hydrogen-bond acceptors (Lipinski definition) is 2. The Morgan fingerprint density at radius 1 is 0.897 bits per heavy atom. The van der Waals surface area contributed by atoms with Gasteiger partial charge in [-0.3, -0.25) is 0 Å². The number of aromatic nitrogens is 2. The molecule has 0 unspecified atom stereocenters. The molecule has 0 saturated carbocycles. The van der Waals surface area contributed by atoms with Crippen LogP contribution in [0.4, 0.5) is 10.1 Å². The SMILES string of the molecule is Fc1ccccc1NC(=S)NCc1cn(-c2ccccc2)nc1-c1ccccc1. The van der Waals surface area contributed by atoms with Gasteiger partial charge in [0, 0.05) is 23.9 Å². The monoisotopic (exact) mass is 402 g/mol. The summed E-state index contributed by atoms with van der Waals surface area (Å²) in [5.41, 5.74) is 4.19. The third-order valence-corrected chi connectivity index (χ3v) is 4.67. The number of nitrogens with zero attached hydrogens (tertiary/aromatic N) is 2. The van der Waals surface area contributed by atoms with Gasteiger partial charge in [0.25, 0.3) is 0 Å². The predicted molar refractivity (Wildman–Crippen MR) is 118 cm³/mol. The van der Waals surface area contributed by atoms with Gasteiger partial charge < -0.3 is 10.6 Å². The molecule has 1 heterocycles. The Morgan fingerprint density at radius 2 is 1.55 bits per heavy atom. The zero-order valence-corrected chi connectivity index (χ0v) is 16.4. The maximum atomic E-state index is 13.8. The lowest BCUT2D eigenvalue weighted by Crippen LogP contribution is -2.28. The quantitative estimate of drug-likeness (QED) is 0.452. The largest absolute Gasteiger partial charge is 0.358 e. The molecule has 2 N–H and O–H groups in total. The molecule has 0 saturated heterocycles. The molecule has 0 fully saturated rings. The number of halogens is 1. The molecule has 0 bridgehead atoms. The molecule has 0 aliphatic carbocycles. The summed E-state index contributed by atoms with van der Waals surface area (Å²) in [6.07, 6.45) is 1.98. The van der Waals surface area contributed by atoms with Crippen molar-refractivity contribution in [3.8, 4) is 16.9 Å². The summed E-state index contributed by atoms with van der Waals surface area (Å²) in [5, 5.41) is 11.2. The van der Waals surface area contributed by atoms with E-state index in [4.69, 9.17) is 17.3 Å². The molecule has 29 heavy (non-hydrogen) atoms. The van der Waals surface area contributed by atoms with Gasteiger partial charge in [-0.15, -0.1) is 0 Å². The van der Waals surface area contributed by atoms with E-state index in [9.17, 15) is 4.39 Å². The molecule has 4 rings (SSSR count). The number of rotatable bonds is 5. The summed E-state index contributed by atoms with van der Waals surface area (Å²) in [7, 11) is 0. The number of hydrogen-bond donors (Lipinski definition) is 2. The van der Waals surface area contributed by atoms with Crippen molar-refractivity contribution in [3.05, 3.63) is 103 Å². The van der Waals surface area contributed by atoms with Crippen molar-refractivity contribution >= 4 is 23.0 Å². The minimum atomic E-state index is -0.349. The van der Waals surface area contributed by atoms with Crippen LogP contribution in [0.1, 0.15) is 5.56 Å². The second-order valence-electron chi connectivity index (χ2n) is 6.44. The first-order valence-corrected chi connectivity index (χ1v) is 9.60. The van der Waals surface area contributed by atoms with Crippen LogP contribution in [0.2, 0.25) is 0 Å². The van der Waals surface area contributed by atoms with Gasteiger partial charge in [-0.1, -0.05) is 60.7 Å². The zero-order valence-electron chi connectivity index (χ0n) is 15.5. The Labute approximate surface area is 174 Å². The van der Waals surface area contributed by atoms with E-state index in [1.807, 2.05) is 71.5 Å². The zero-order chi connectivity index (χ0) is 20.1. The van der Waals surface area contributed by atoms with Crippen molar-refractivity contribution in [2.24, 2.45) is 0 Å². The minimum absolute atomic E-state index is 0.341. The van der Waals surface area contributed by atoms with E-state index in [0.717, 1.165) is 22.5 Å². The normalized spacial score (nSPS) is 10.5. The van der Waals surface area contributed by atoms with E-state index in [2.05, 4.69) is 10.6 Å². The van der Waals surface area contributed by atoms with E-state index in [0.29, 0.717) is 17.3 Å². The molecule has 0 amide bonds. The molecule has 0 aliphatic heterocycles. The highest BCUT2D eigenvalue weighted by atomic mass is 32.1. The van der Waals surface area contributed by atoms with E-state index in [1.165, 1.54) is 6.07 Å². The topological polar surface area (TPSA) is 41.9 Å². The van der Waals surface area contributed by atoms with E-state index in [-0.39, 0.29) is 5.82 Å². The van der Waals surface area contributed by atoms with Crippen LogP contribution in [0.25, 0.3) is 16.9 Å². The third-order valence-electron chi connectivity index (χ3n) is 4.42. The van der Waals surface area contributed by atoms with Gasteiger partial charge in [-0.2, -0.15) is 5.10 Å². The summed E-state index contributed by atoms with van der Waals surface area (Å²) in [6.45, 7) is 0.456. The fourth-order valence-corrected chi connectivity index (χ4v) is 3.18. The highest BCUT2D eigenvalue weighted by Gasteiger charge is 2.13. The lowest BCUT2D eigenvalue weighted by atomic mass is 10.1. The Balaban J connectivity index is 1.56. The van der Waals surface area contributed by atoms with Crippen molar-refractivity contribution in [2.45, 2.75) is 6.54 Å². The number of nitrogens with one attached hydrogen (secondary N) is 2. The van der Waals surface area contributed by atoms with Crippen molar-refractivity contribution in [3.63, 3.8) is 0 Å². The van der Waals surface area contributed by atoms with Crippen molar-refractivity contribution in [1.29, 1.82) is 0 Å². The first kappa shape index (κ1) is 18.8. The Kier molecular flexibility index (Phi) is 5.63. The number of anilines is 1. The second kappa shape index (κ2) is 8.67. The molecule has 3 aromatic carbocycles. The van der Waals surface area contributed by atoms with Gasteiger partial charge in [0.1, 0.15) is 5.82 Å². The van der Waals surface area contributed by atoms with Crippen molar-refractivity contribution < 1.29 is 4.39 Å². The molecule has 144 valence electrons. The van der Waals surface area contributed by atoms with Crippen LogP contribution in [-0.4, -0.2) is 14.9 Å². The molecule has 6 heteroatoms. The third kappa shape index (κ3) is 4.50. The van der Waals surface area contributed by atoms with Crippen LogP contribution < -0.4 is 10.6 Å². The number of thiocarbonyl (C=S) groups is 1. The van der Waals surface area contributed by atoms with Gasteiger partial charge in [-0.25, -0.2) is 9.07 Å². The lowest BCUT2D eigenvalue weighted by Gasteiger charge is -2.11. The summed E-state index contributed by atoms with van der Waals surface area (Å²) in [5.74, 6) is -0.349. The first-order valence-electron chi connectivity index (χ1n) is 9.19. The molecule has 0 atom stereocenters. The van der Waals surface area contributed by atoms with Gasteiger partial charge in [-0.05, 0) is 36.5 Å². The minimum Gasteiger partial charge on any atom is -0.358 e. The standard InChI is InChI=1S/C23H19FN4S/c24-20-13-7-8-14-21(20)26-23(29)25-15-18-16-28(19-11-5-2-6-12-19)27-22(18)17-9-3-1-4-10-17/h1-14,16H,15H2,(H2,25,26,29). The fourth-order valence-electron chi connectivity index (χ4n) is 3.00. The Hall–Kier alpha value is -3.51. The fraction of sp³-hybridized carbons (Fsp3) is 0.0435. The molecule has 0 spiro atoms. The summed E-state index contributed by atoms with van der Waals surface area (Å²) < 4.78 is 15.7. The molecule has 1 aromatic heterocycles. The van der Waals surface area contributed by atoms with Crippen LogP contribution >= 0.6 is 12.2 Å². The molecular weight excluding hydrogens is 383 g/mol. The predicted octanol–water partition coefficient (Wildman–Crippen LogP) is 5.17. The van der Waals surface area contributed by atoms with Crippen LogP contribution in [0.15, 0.2) is 91.1 Å². The van der Waals surface area contributed by atoms with Gasteiger partial charge >= 0.3 is 0 Å². The maximum Gasteiger partial charge on any atom is 0.171 e. The summed E-state index contributed by atoms with van der Waals surface area (Å²) in [4.78, 5) is 0. The van der Waals surface area contributed by atoms with Crippen LogP contribution in [0, 0.1) is 5.82 Å². The number of benzene rings is 3. The Morgan fingerprint density at radius 3 is 2.28 bits per heavy atom. The molecular formula is C23H19FN4S. The average Bonchev–Trinajstić information content (AvgIpc) is 3.20. The van der Waals surface area contributed by atoms with Crippen molar-refractivity contribution in [2.75, 3.05) is 5.32 Å². The van der Waals surface area contributed by atoms with E-state index < -0.39 is 0 Å². The highest BCUT2D eigenvalue weighted by molar-refractivity contribution is 7.80. The summed E-state index contributed by atoms with van der Waals surface area (Å²) in [6, 6.07) is 26.4. The van der Waals surface area contributed by atoms with Gasteiger partial charge in [0.15, 0.2) is 5.11 Å².